The van der Waals surface area contributed by atoms with Gasteiger partial charge in [-0.25, -0.2) is 8.42 Å². The molecule has 4 rings (SSSR count). The van der Waals surface area contributed by atoms with Crippen LogP contribution in [0.25, 0.3) is 10.2 Å². The Bertz CT molecular complexity index is 1380. The Labute approximate surface area is 209 Å². The predicted molar refractivity (Wildman–Crippen MR) is 137 cm³/mol. The van der Waals surface area contributed by atoms with Gasteiger partial charge in [0.25, 0.3) is 5.91 Å². The first-order valence-corrected chi connectivity index (χ1v) is 14.0. The topological polar surface area (TPSA) is 90.2 Å². The van der Waals surface area contributed by atoms with Crippen molar-refractivity contribution < 1.29 is 22.7 Å². The molecule has 1 amide bonds. The molecule has 8 nitrogen and oxygen atoms in total. The van der Waals surface area contributed by atoms with Crippen molar-refractivity contribution in [2.75, 3.05) is 27.3 Å². The molecule has 0 radical (unpaired) electrons. The summed E-state index contributed by atoms with van der Waals surface area (Å²) >= 11 is 1.40. The van der Waals surface area contributed by atoms with E-state index in [0.717, 1.165) is 29.5 Å². The van der Waals surface area contributed by atoms with Crippen molar-refractivity contribution >= 4 is 37.5 Å². The van der Waals surface area contributed by atoms with E-state index in [1.807, 2.05) is 16.7 Å². The standard InChI is InChI=1S/C25H31N3O5S2/c1-5-12-28-20-15-21(32-3)22(33-4)16-23(20)34-25(28)26-24(29)18-6-8-19(9-7-18)35(30,31)27-13-10-17(2)11-14-27/h6-9,15-17H,5,10-14H2,1-4H3. The summed E-state index contributed by atoms with van der Waals surface area (Å²) in [5.41, 5.74) is 1.25. The van der Waals surface area contributed by atoms with Gasteiger partial charge in [0, 0.05) is 37.3 Å². The number of aromatic nitrogens is 1. The number of hydrogen-bond donors (Lipinski definition) is 0. The van der Waals surface area contributed by atoms with Crippen LogP contribution in [0.15, 0.2) is 46.3 Å². The van der Waals surface area contributed by atoms with Gasteiger partial charge in [-0.2, -0.15) is 9.30 Å². The lowest BCUT2D eigenvalue weighted by atomic mass is 10.0. The number of sulfonamides is 1. The molecule has 0 spiro atoms. The lowest BCUT2D eigenvalue weighted by molar-refractivity contribution is 0.0997. The van der Waals surface area contributed by atoms with Gasteiger partial charge in [0.05, 0.1) is 29.3 Å². The number of amides is 1. The minimum absolute atomic E-state index is 0.200. The Balaban J connectivity index is 1.66. The van der Waals surface area contributed by atoms with Gasteiger partial charge < -0.3 is 14.0 Å². The first-order chi connectivity index (χ1) is 16.8. The molecule has 2 heterocycles. The monoisotopic (exact) mass is 517 g/mol. The molecule has 35 heavy (non-hydrogen) atoms. The lowest BCUT2D eigenvalue weighted by Gasteiger charge is -2.29. The average molecular weight is 518 g/mol. The fourth-order valence-corrected chi connectivity index (χ4v) is 6.75. The van der Waals surface area contributed by atoms with Crippen molar-refractivity contribution in [1.29, 1.82) is 0 Å². The van der Waals surface area contributed by atoms with Crippen molar-refractivity contribution in [1.82, 2.24) is 8.87 Å². The van der Waals surface area contributed by atoms with E-state index in [1.54, 1.807) is 14.2 Å². The Morgan fingerprint density at radius 3 is 2.31 bits per heavy atom. The first-order valence-electron chi connectivity index (χ1n) is 11.7. The Kier molecular flexibility index (Phi) is 7.63. The van der Waals surface area contributed by atoms with E-state index in [-0.39, 0.29) is 4.90 Å². The number of rotatable bonds is 7. The van der Waals surface area contributed by atoms with E-state index in [9.17, 15) is 13.2 Å². The first kappa shape index (κ1) is 25.4. The minimum Gasteiger partial charge on any atom is -0.493 e. The number of nitrogens with zero attached hydrogens (tertiary/aromatic N) is 3. The molecule has 1 fully saturated rings. The van der Waals surface area contributed by atoms with Crippen molar-refractivity contribution in [2.45, 2.75) is 44.6 Å². The number of piperidine rings is 1. The van der Waals surface area contributed by atoms with Crippen LogP contribution in [0.3, 0.4) is 0 Å². The summed E-state index contributed by atoms with van der Waals surface area (Å²) in [6, 6.07) is 9.84. The number of carbonyl (C=O) groups is 1. The van der Waals surface area contributed by atoms with E-state index in [4.69, 9.17) is 9.47 Å². The third kappa shape index (κ3) is 5.14. The van der Waals surface area contributed by atoms with Crippen LogP contribution in [-0.2, 0) is 16.6 Å². The molecule has 188 valence electrons. The van der Waals surface area contributed by atoms with Gasteiger partial charge >= 0.3 is 0 Å². The second-order valence-electron chi connectivity index (χ2n) is 8.74. The molecule has 0 bridgehead atoms. The lowest BCUT2D eigenvalue weighted by Crippen LogP contribution is -2.37. The summed E-state index contributed by atoms with van der Waals surface area (Å²) in [6.07, 6.45) is 2.59. The molecule has 0 saturated carbocycles. The van der Waals surface area contributed by atoms with Crippen LogP contribution in [0.4, 0.5) is 0 Å². The third-order valence-electron chi connectivity index (χ3n) is 6.31. The van der Waals surface area contributed by atoms with Gasteiger partial charge in [0.15, 0.2) is 16.3 Å². The van der Waals surface area contributed by atoms with Crippen molar-refractivity contribution in [2.24, 2.45) is 10.9 Å². The highest BCUT2D eigenvalue weighted by Crippen LogP contribution is 2.33. The Morgan fingerprint density at radius 2 is 1.71 bits per heavy atom. The molecule has 1 aliphatic rings. The van der Waals surface area contributed by atoms with Crippen LogP contribution in [0.1, 0.15) is 43.5 Å². The molecule has 0 aliphatic carbocycles. The highest BCUT2D eigenvalue weighted by molar-refractivity contribution is 7.89. The normalized spacial score (nSPS) is 16.1. The van der Waals surface area contributed by atoms with E-state index in [0.29, 0.717) is 47.4 Å². The maximum Gasteiger partial charge on any atom is 0.279 e. The second-order valence-corrected chi connectivity index (χ2v) is 11.7. The quantitative estimate of drug-likeness (QED) is 0.466. The fourth-order valence-electron chi connectivity index (χ4n) is 4.22. The molecule has 1 saturated heterocycles. The zero-order chi connectivity index (χ0) is 25.2. The van der Waals surface area contributed by atoms with Crippen LogP contribution in [-0.4, -0.2) is 50.5 Å². The van der Waals surface area contributed by atoms with Crippen LogP contribution in [0, 0.1) is 5.92 Å². The van der Waals surface area contributed by atoms with Gasteiger partial charge in [-0.3, -0.25) is 4.79 Å². The van der Waals surface area contributed by atoms with Gasteiger partial charge in [-0.15, -0.1) is 0 Å². The SMILES string of the molecule is CCCn1c(=NC(=O)c2ccc(S(=O)(=O)N3CCC(C)CC3)cc2)sc2cc(OC)c(OC)cc21. The molecule has 10 heteroatoms. The summed E-state index contributed by atoms with van der Waals surface area (Å²) in [6.45, 7) is 5.94. The van der Waals surface area contributed by atoms with E-state index < -0.39 is 15.9 Å². The number of aryl methyl sites for hydroxylation is 1. The largest absolute Gasteiger partial charge is 0.493 e. The maximum atomic E-state index is 13.0. The van der Waals surface area contributed by atoms with E-state index in [1.165, 1.54) is 39.9 Å². The number of benzene rings is 2. The molecule has 1 aliphatic heterocycles. The van der Waals surface area contributed by atoms with Crippen LogP contribution >= 0.6 is 11.3 Å². The van der Waals surface area contributed by atoms with Crippen molar-refractivity contribution in [3.05, 3.63) is 46.8 Å². The fraction of sp³-hybridized carbons (Fsp3) is 0.440. The third-order valence-corrected chi connectivity index (χ3v) is 9.27. The number of fused-ring (bicyclic) bond motifs is 1. The highest BCUT2D eigenvalue weighted by atomic mass is 32.2. The summed E-state index contributed by atoms with van der Waals surface area (Å²) < 4.78 is 41.3. The summed E-state index contributed by atoms with van der Waals surface area (Å²) in [4.78, 5) is 18.2. The van der Waals surface area contributed by atoms with Gasteiger partial charge in [-0.05, 0) is 49.4 Å². The molecule has 1 aromatic heterocycles. The maximum absolute atomic E-state index is 13.0. The molecular weight excluding hydrogens is 486 g/mol. The molecule has 0 N–H and O–H groups in total. The molecule has 3 aromatic rings. The number of ether oxygens (including phenoxy) is 2. The summed E-state index contributed by atoms with van der Waals surface area (Å²) in [7, 11) is -0.393. The van der Waals surface area contributed by atoms with E-state index >= 15 is 0 Å². The molecule has 0 atom stereocenters. The molecule has 2 aromatic carbocycles. The number of methoxy groups -OCH3 is 2. The van der Waals surface area contributed by atoms with Gasteiger partial charge in [0.1, 0.15) is 0 Å². The zero-order valence-corrected chi connectivity index (χ0v) is 22.1. The molecular formula is C25H31N3O5S2. The van der Waals surface area contributed by atoms with Gasteiger partial charge in [-0.1, -0.05) is 25.2 Å². The van der Waals surface area contributed by atoms with E-state index in [2.05, 4.69) is 18.8 Å². The number of carbonyl (C=O) groups excluding carboxylic acids is 1. The van der Waals surface area contributed by atoms with Crippen LogP contribution in [0.2, 0.25) is 0 Å². The minimum atomic E-state index is -3.57. The second kappa shape index (κ2) is 10.5. The predicted octanol–water partition coefficient (Wildman–Crippen LogP) is 4.29. The van der Waals surface area contributed by atoms with Gasteiger partial charge in [0.2, 0.25) is 10.0 Å². The zero-order valence-electron chi connectivity index (χ0n) is 20.5. The molecule has 0 unspecified atom stereocenters. The average Bonchev–Trinajstić information content (AvgIpc) is 3.19. The summed E-state index contributed by atoms with van der Waals surface area (Å²) in [5, 5.41) is 0. The summed E-state index contributed by atoms with van der Waals surface area (Å²) in [5.74, 6) is 1.34. The van der Waals surface area contributed by atoms with Crippen LogP contribution < -0.4 is 14.3 Å². The van der Waals surface area contributed by atoms with Crippen molar-refractivity contribution in [3.8, 4) is 11.5 Å². The Morgan fingerprint density at radius 1 is 1.09 bits per heavy atom. The smallest absolute Gasteiger partial charge is 0.279 e. The van der Waals surface area contributed by atoms with Crippen molar-refractivity contribution in [3.63, 3.8) is 0 Å². The number of thiazole rings is 1. The highest BCUT2D eigenvalue weighted by Gasteiger charge is 2.28. The Hall–Kier alpha value is -2.69. The van der Waals surface area contributed by atoms with Crippen LogP contribution in [0.5, 0.6) is 11.5 Å². The number of hydrogen-bond acceptors (Lipinski definition) is 6.